The third-order valence-corrected chi connectivity index (χ3v) is 3.08. The van der Waals surface area contributed by atoms with Gasteiger partial charge in [-0.3, -0.25) is 4.79 Å². The molecule has 1 aromatic rings. The van der Waals surface area contributed by atoms with Gasteiger partial charge in [0, 0.05) is 13.1 Å². The Hall–Kier alpha value is -1.39. The number of rotatable bonds is 6. The van der Waals surface area contributed by atoms with Gasteiger partial charge in [0.2, 0.25) is 5.91 Å². The maximum atomic E-state index is 11.8. The highest BCUT2D eigenvalue weighted by Gasteiger charge is 2.16. The van der Waals surface area contributed by atoms with E-state index in [1.54, 1.807) is 0 Å². The summed E-state index contributed by atoms with van der Waals surface area (Å²) in [6, 6.07) is 7.69. The van der Waals surface area contributed by atoms with E-state index in [-0.39, 0.29) is 11.8 Å². The van der Waals surface area contributed by atoms with Crippen molar-refractivity contribution in [2.45, 2.75) is 33.0 Å². The van der Waals surface area contributed by atoms with E-state index in [4.69, 9.17) is 5.73 Å². The molecule has 1 rings (SSSR count). The third-order valence-electron chi connectivity index (χ3n) is 3.08. The number of hydrogen-bond acceptors (Lipinski definition) is 3. The van der Waals surface area contributed by atoms with Crippen LogP contribution in [-0.4, -0.2) is 30.9 Å². The van der Waals surface area contributed by atoms with Crippen molar-refractivity contribution in [1.82, 2.24) is 10.2 Å². The zero-order valence-electron chi connectivity index (χ0n) is 12.3. The van der Waals surface area contributed by atoms with Crippen LogP contribution in [0, 0.1) is 5.92 Å². The van der Waals surface area contributed by atoms with E-state index in [1.807, 2.05) is 46.1 Å². The Balaban J connectivity index is 2.65. The highest BCUT2D eigenvalue weighted by molar-refractivity contribution is 5.81. The molecule has 0 spiro atoms. The minimum absolute atomic E-state index is 0.0883. The summed E-state index contributed by atoms with van der Waals surface area (Å²) < 4.78 is 0. The molecule has 1 unspecified atom stereocenters. The number of hydrogen-bond donors (Lipinski definition) is 2. The highest BCUT2D eigenvalue weighted by Crippen LogP contribution is 2.10. The van der Waals surface area contributed by atoms with Crippen molar-refractivity contribution in [3.63, 3.8) is 0 Å². The van der Waals surface area contributed by atoms with Crippen molar-refractivity contribution < 1.29 is 4.79 Å². The number of carbonyl (C=O) groups is 1. The first-order valence-corrected chi connectivity index (χ1v) is 6.66. The van der Waals surface area contributed by atoms with E-state index in [9.17, 15) is 4.79 Å². The minimum Gasteiger partial charge on any atom is -0.351 e. The van der Waals surface area contributed by atoms with E-state index < -0.39 is 6.04 Å². The van der Waals surface area contributed by atoms with Crippen LogP contribution in [0.3, 0.4) is 0 Å². The van der Waals surface area contributed by atoms with Crippen molar-refractivity contribution in [3.05, 3.63) is 35.4 Å². The molecule has 0 fully saturated rings. The second-order valence-corrected chi connectivity index (χ2v) is 5.49. The first kappa shape index (κ1) is 15.7. The summed E-state index contributed by atoms with van der Waals surface area (Å²) in [4.78, 5) is 14.0. The maximum Gasteiger partial charge on any atom is 0.237 e. The molecule has 3 N–H and O–H groups in total. The monoisotopic (exact) mass is 263 g/mol. The quantitative estimate of drug-likeness (QED) is 0.814. The van der Waals surface area contributed by atoms with Crippen LogP contribution in [-0.2, 0) is 17.9 Å². The average Bonchev–Trinajstić information content (AvgIpc) is 2.35. The normalized spacial score (nSPS) is 12.8. The van der Waals surface area contributed by atoms with Gasteiger partial charge in [-0.05, 0) is 31.1 Å². The summed E-state index contributed by atoms with van der Waals surface area (Å²) in [5, 5.41) is 2.91. The molecule has 0 radical (unpaired) electrons. The lowest BCUT2D eigenvalue weighted by Gasteiger charge is -2.17. The highest BCUT2D eigenvalue weighted by atomic mass is 16.2. The number of amides is 1. The average molecular weight is 263 g/mol. The third kappa shape index (κ3) is 5.01. The molecule has 4 heteroatoms. The summed E-state index contributed by atoms with van der Waals surface area (Å²) in [5.74, 6) is 0.0617. The molecular weight excluding hydrogens is 238 g/mol. The Kier molecular flexibility index (Phi) is 5.99. The predicted molar refractivity (Wildman–Crippen MR) is 78.5 cm³/mol. The topological polar surface area (TPSA) is 58.4 Å². The van der Waals surface area contributed by atoms with E-state index >= 15 is 0 Å². The fourth-order valence-electron chi connectivity index (χ4n) is 1.83. The molecule has 19 heavy (non-hydrogen) atoms. The SMILES string of the molecule is CC(C)C(N)C(=O)NCc1ccccc1CN(C)C. The van der Waals surface area contributed by atoms with Crippen LogP contribution >= 0.6 is 0 Å². The second-order valence-electron chi connectivity index (χ2n) is 5.49. The van der Waals surface area contributed by atoms with Crippen LogP contribution < -0.4 is 11.1 Å². The fraction of sp³-hybridized carbons (Fsp3) is 0.533. The van der Waals surface area contributed by atoms with Gasteiger partial charge in [-0.15, -0.1) is 0 Å². The Morgan fingerprint density at radius 3 is 2.37 bits per heavy atom. The number of nitrogens with zero attached hydrogens (tertiary/aromatic N) is 1. The fourth-order valence-corrected chi connectivity index (χ4v) is 1.83. The lowest BCUT2D eigenvalue weighted by Crippen LogP contribution is -2.43. The summed E-state index contributed by atoms with van der Waals surface area (Å²) in [7, 11) is 4.06. The van der Waals surface area contributed by atoms with Crippen LogP contribution in [0.5, 0.6) is 0 Å². The Labute approximate surface area is 116 Å². The molecule has 0 aromatic heterocycles. The molecule has 4 nitrogen and oxygen atoms in total. The van der Waals surface area contributed by atoms with E-state index in [2.05, 4.69) is 16.3 Å². The number of nitrogens with one attached hydrogen (secondary N) is 1. The van der Waals surface area contributed by atoms with Crippen LogP contribution in [0.1, 0.15) is 25.0 Å². The standard InChI is InChI=1S/C15H25N3O/c1-11(2)14(16)15(19)17-9-12-7-5-6-8-13(12)10-18(3)4/h5-8,11,14H,9-10,16H2,1-4H3,(H,17,19). The lowest BCUT2D eigenvalue weighted by molar-refractivity contribution is -0.123. The molecule has 0 heterocycles. The minimum atomic E-state index is -0.444. The predicted octanol–water partition coefficient (Wildman–Crippen LogP) is 1.35. The largest absolute Gasteiger partial charge is 0.351 e. The second kappa shape index (κ2) is 7.26. The number of benzene rings is 1. The van der Waals surface area contributed by atoms with E-state index in [0.717, 1.165) is 12.1 Å². The van der Waals surface area contributed by atoms with Gasteiger partial charge in [-0.25, -0.2) is 0 Å². The maximum absolute atomic E-state index is 11.8. The van der Waals surface area contributed by atoms with Crippen molar-refractivity contribution in [3.8, 4) is 0 Å². The molecule has 0 aliphatic rings. The van der Waals surface area contributed by atoms with Gasteiger partial charge in [0.25, 0.3) is 0 Å². The molecule has 106 valence electrons. The van der Waals surface area contributed by atoms with Crippen molar-refractivity contribution in [2.75, 3.05) is 14.1 Å². The van der Waals surface area contributed by atoms with Crippen LogP contribution in [0.4, 0.5) is 0 Å². The molecule has 0 bridgehead atoms. The molecule has 0 saturated carbocycles. The van der Waals surface area contributed by atoms with Crippen LogP contribution in [0.2, 0.25) is 0 Å². The first-order valence-electron chi connectivity index (χ1n) is 6.66. The van der Waals surface area contributed by atoms with Crippen molar-refractivity contribution in [2.24, 2.45) is 11.7 Å². The summed E-state index contributed by atoms with van der Waals surface area (Å²) in [6.07, 6.45) is 0. The zero-order chi connectivity index (χ0) is 14.4. The van der Waals surface area contributed by atoms with E-state index in [1.165, 1.54) is 5.56 Å². The zero-order valence-corrected chi connectivity index (χ0v) is 12.3. The molecule has 1 amide bonds. The molecule has 1 aromatic carbocycles. The van der Waals surface area contributed by atoms with Gasteiger partial charge in [0.05, 0.1) is 6.04 Å². The number of nitrogens with two attached hydrogens (primary N) is 1. The number of carbonyl (C=O) groups excluding carboxylic acids is 1. The van der Waals surface area contributed by atoms with Crippen LogP contribution in [0.15, 0.2) is 24.3 Å². The van der Waals surface area contributed by atoms with Gasteiger partial charge in [-0.2, -0.15) is 0 Å². The molecule has 0 aliphatic heterocycles. The smallest absolute Gasteiger partial charge is 0.237 e. The molecule has 0 aliphatic carbocycles. The van der Waals surface area contributed by atoms with Gasteiger partial charge in [-0.1, -0.05) is 38.1 Å². The van der Waals surface area contributed by atoms with Gasteiger partial charge >= 0.3 is 0 Å². The van der Waals surface area contributed by atoms with Gasteiger partial charge < -0.3 is 16.0 Å². The molecule has 0 saturated heterocycles. The summed E-state index contributed by atoms with van der Waals surface area (Å²) in [5.41, 5.74) is 8.19. The summed E-state index contributed by atoms with van der Waals surface area (Å²) >= 11 is 0. The van der Waals surface area contributed by atoms with Crippen LogP contribution in [0.25, 0.3) is 0 Å². The summed E-state index contributed by atoms with van der Waals surface area (Å²) in [6.45, 7) is 5.29. The lowest BCUT2D eigenvalue weighted by atomic mass is 10.0. The van der Waals surface area contributed by atoms with E-state index in [0.29, 0.717) is 6.54 Å². The Morgan fingerprint density at radius 2 is 1.84 bits per heavy atom. The molecular formula is C15H25N3O. The molecule has 1 atom stereocenters. The van der Waals surface area contributed by atoms with Crippen molar-refractivity contribution in [1.29, 1.82) is 0 Å². The van der Waals surface area contributed by atoms with Gasteiger partial charge in [0.15, 0.2) is 0 Å². The first-order chi connectivity index (χ1) is 8.91. The van der Waals surface area contributed by atoms with Gasteiger partial charge in [0.1, 0.15) is 0 Å². The Bertz CT molecular complexity index is 416. The van der Waals surface area contributed by atoms with Crippen molar-refractivity contribution >= 4 is 5.91 Å². The Morgan fingerprint density at radius 1 is 1.26 bits per heavy atom.